The Bertz CT molecular complexity index is 570. The summed E-state index contributed by atoms with van der Waals surface area (Å²) >= 11 is 0. The van der Waals surface area contributed by atoms with Gasteiger partial charge >= 0.3 is 0 Å². The summed E-state index contributed by atoms with van der Waals surface area (Å²) in [6.07, 6.45) is 1.54. The van der Waals surface area contributed by atoms with Crippen LogP contribution in [0.25, 0.3) is 0 Å². The molecule has 0 aliphatic rings. The number of halogens is 2. The molecular formula is C13H13F2N3O. The van der Waals surface area contributed by atoms with Crippen molar-refractivity contribution >= 4 is 0 Å². The number of nitrogens with two attached hydrogens (primary N) is 1. The van der Waals surface area contributed by atoms with Crippen molar-refractivity contribution in [3.05, 3.63) is 53.2 Å². The normalized spacial score (nSPS) is 10.5. The Hall–Kier alpha value is -2.05. The van der Waals surface area contributed by atoms with Gasteiger partial charge in [-0.05, 0) is 30.2 Å². The molecule has 0 fully saturated rings. The van der Waals surface area contributed by atoms with E-state index in [1.165, 1.54) is 6.07 Å². The van der Waals surface area contributed by atoms with E-state index in [-0.39, 0.29) is 5.88 Å². The van der Waals surface area contributed by atoms with E-state index < -0.39 is 17.4 Å². The van der Waals surface area contributed by atoms with Crippen LogP contribution in [0.15, 0.2) is 30.5 Å². The molecule has 1 aromatic heterocycles. The summed E-state index contributed by atoms with van der Waals surface area (Å²) in [6.45, 7) is 2.28. The van der Waals surface area contributed by atoms with Gasteiger partial charge in [0, 0.05) is 18.8 Å². The van der Waals surface area contributed by atoms with Crippen LogP contribution in [0.2, 0.25) is 0 Å². The van der Waals surface area contributed by atoms with Crippen LogP contribution < -0.4 is 16.0 Å². The van der Waals surface area contributed by atoms with E-state index in [9.17, 15) is 8.78 Å². The molecule has 6 heteroatoms. The van der Waals surface area contributed by atoms with Gasteiger partial charge in [0.1, 0.15) is 0 Å². The minimum Gasteiger partial charge on any atom is -0.433 e. The van der Waals surface area contributed by atoms with E-state index in [0.29, 0.717) is 6.54 Å². The average molecular weight is 265 g/mol. The lowest BCUT2D eigenvalue weighted by atomic mass is 10.1. The molecule has 0 radical (unpaired) electrons. The number of rotatable bonds is 4. The molecule has 1 heterocycles. The lowest BCUT2D eigenvalue weighted by Crippen LogP contribution is -2.21. The van der Waals surface area contributed by atoms with Crippen molar-refractivity contribution in [3.63, 3.8) is 0 Å². The number of aromatic nitrogens is 1. The van der Waals surface area contributed by atoms with Crippen LogP contribution in [0.1, 0.15) is 11.1 Å². The van der Waals surface area contributed by atoms with E-state index in [4.69, 9.17) is 10.6 Å². The standard InChI is InChI=1S/C13H13F2N3O/c1-8-5-12(17-6-9(8)7-18-16)19-13-10(14)3-2-4-11(13)15/h2-6,18H,7,16H2,1H3. The Balaban J connectivity index is 2.27. The van der Waals surface area contributed by atoms with Crippen molar-refractivity contribution in [2.24, 2.45) is 5.84 Å². The summed E-state index contributed by atoms with van der Waals surface area (Å²) in [7, 11) is 0. The number of hydrogen-bond acceptors (Lipinski definition) is 4. The molecule has 100 valence electrons. The Labute approximate surface area is 109 Å². The van der Waals surface area contributed by atoms with E-state index in [2.05, 4.69) is 10.4 Å². The van der Waals surface area contributed by atoms with Gasteiger partial charge in [-0.15, -0.1) is 0 Å². The number of hydrogen-bond donors (Lipinski definition) is 2. The minimum absolute atomic E-state index is 0.127. The zero-order valence-electron chi connectivity index (χ0n) is 10.3. The molecule has 2 aromatic rings. The topological polar surface area (TPSA) is 60.2 Å². The molecule has 0 aliphatic heterocycles. The third-order valence-electron chi connectivity index (χ3n) is 2.61. The van der Waals surface area contributed by atoms with Crippen molar-refractivity contribution < 1.29 is 13.5 Å². The van der Waals surface area contributed by atoms with E-state index in [1.807, 2.05) is 6.92 Å². The predicted octanol–water partition coefficient (Wildman–Crippen LogP) is 2.42. The first-order chi connectivity index (χ1) is 9.11. The van der Waals surface area contributed by atoms with Crippen molar-refractivity contribution in [2.45, 2.75) is 13.5 Å². The maximum atomic E-state index is 13.4. The van der Waals surface area contributed by atoms with Crippen LogP contribution in [-0.2, 0) is 6.54 Å². The van der Waals surface area contributed by atoms with Gasteiger partial charge in [-0.2, -0.15) is 0 Å². The van der Waals surface area contributed by atoms with E-state index >= 15 is 0 Å². The average Bonchev–Trinajstić information content (AvgIpc) is 2.37. The number of hydrazine groups is 1. The van der Waals surface area contributed by atoms with Gasteiger partial charge in [0.25, 0.3) is 0 Å². The highest BCUT2D eigenvalue weighted by Crippen LogP contribution is 2.26. The molecule has 2 rings (SSSR count). The summed E-state index contributed by atoms with van der Waals surface area (Å²) in [5, 5.41) is 0. The van der Waals surface area contributed by atoms with Crippen molar-refractivity contribution in [1.82, 2.24) is 10.4 Å². The van der Waals surface area contributed by atoms with Gasteiger partial charge < -0.3 is 4.74 Å². The fourth-order valence-electron chi connectivity index (χ4n) is 1.59. The van der Waals surface area contributed by atoms with E-state index in [0.717, 1.165) is 23.3 Å². The molecule has 3 N–H and O–H groups in total. The second-order valence-electron chi connectivity index (χ2n) is 3.98. The second kappa shape index (κ2) is 5.73. The van der Waals surface area contributed by atoms with Gasteiger partial charge in [-0.25, -0.2) is 13.8 Å². The summed E-state index contributed by atoms with van der Waals surface area (Å²) in [5.74, 6) is 3.35. The van der Waals surface area contributed by atoms with Gasteiger partial charge in [0.05, 0.1) is 0 Å². The summed E-state index contributed by atoms with van der Waals surface area (Å²) in [4.78, 5) is 3.98. The van der Waals surface area contributed by atoms with Crippen molar-refractivity contribution in [3.8, 4) is 11.6 Å². The first-order valence-corrected chi connectivity index (χ1v) is 5.62. The van der Waals surface area contributed by atoms with Crippen LogP contribution in [0.4, 0.5) is 8.78 Å². The number of ether oxygens (including phenoxy) is 1. The van der Waals surface area contributed by atoms with Crippen LogP contribution in [0, 0.1) is 18.6 Å². The fraction of sp³-hybridized carbons (Fsp3) is 0.154. The molecule has 4 nitrogen and oxygen atoms in total. The zero-order valence-corrected chi connectivity index (χ0v) is 10.3. The summed E-state index contributed by atoms with van der Waals surface area (Å²) < 4.78 is 32.0. The molecule has 0 spiro atoms. The maximum absolute atomic E-state index is 13.4. The molecule has 1 aromatic carbocycles. The molecule has 0 atom stereocenters. The number of aryl methyl sites for hydroxylation is 1. The highest BCUT2D eigenvalue weighted by atomic mass is 19.1. The highest BCUT2D eigenvalue weighted by molar-refractivity contribution is 5.33. The van der Waals surface area contributed by atoms with Crippen LogP contribution in [0.3, 0.4) is 0 Å². The quantitative estimate of drug-likeness (QED) is 0.658. The van der Waals surface area contributed by atoms with Crippen LogP contribution >= 0.6 is 0 Å². The molecule has 0 aliphatic carbocycles. The number of nitrogens with zero attached hydrogens (tertiary/aromatic N) is 1. The Morgan fingerprint density at radius 2 is 2.00 bits per heavy atom. The first kappa shape index (κ1) is 13.4. The monoisotopic (exact) mass is 265 g/mol. The predicted molar refractivity (Wildman–Crippen MR) is 66.4 cm³/mol. The molecule has 0 bridgehead atoms. The largest absolute Gasteiger partial charge is 0.433 e. The SMILES string of the molecule is Cc1cc(Oc2c(F)cccc2F)ncc1CNN. The maximum Gasteiger partial charge on any atom is 0.219 e. The zero-order chi connectivity index (χ0) is 13.8. The van der Waals surface area contributed by atoms with Gasteiger partial charge in [-0.1, -0.05) is 6.07 Å². The number of para-hydroxylation sites is 1. The highest BCUT2D eigenvalue weighted by Gasteiger charge is 2.12. The number of nitrogens with one attached hydrogen (secondary N) is 1. The fourth-order valence-corrected chi connectivity index (χ4v) is 1.59. The molecule has 0 amide bonds. The Morgan fingerprint density at radius 1 is 1.32 bits per heavy atom. The molecule has 0 saturated carbocycles. The first-order valence-electron chi connectivity index (χ1n) is 5.62. The van der Waals surface area contributed by atoms with Crippen molar-refractivity contribution in [2.75, 3.05) is 0 Å². The molecule has 0 saturated heterocycles. The molecule has 0 unspecified atom stereocenters. The number of benzene rings is 1. The number of pyridine rings is 1. The molecular weight excluding hydrogens is 252 g/mol. The van der Waals surface area contributed by atoms with Gasteiger partial charge in [0.15, 0.2) is 11.6 Å². The van der Waals surface area contributed by atoms with Gasteiger partial charge in [0.2, 0.25) is 11.6 Å². The van der Waals surface area contributed by atoms with Crippen LogP contribution in [-0.4, -0.2) is 4.98 Å². The smallest absolute Gasteiger partial charge is 0.219 e. The third kappa shape index (κ3) is 3.04. The minimum atomic E-state index is -0.771. The molecule has 19 heavy (non-hydrogen) atoms. The second-order valence-corrected chi connectivity index (χ2v) is 3.98. The van der Waals surface area contributed by atoms with Crippen LogP contribution in [0.5, 0.6) is 11.6 Å². The van der Waals surface area contributed by atoms with E-state index in [1.54, 1.807) is 12.3 Å². The lowest BCUT2D eigenvalue weighted by molar-refractivity contribution is 0.395. The summed E-state index contributed by atoms with van der Waals surface area (Å²) in [6, 6.07) is 5.11. The van der Waals surface area contributed by atoms with Gasteiger partial charge in [-0.3, -0.25) is 11.3 Å². The Morgan fingerprint density at radius 3 is 2.58 bits per heavy atom. The lowest BCUT2D eigenvalue weighted by Gasteiger charge is -2.09. The van der Waals surface area contributed by atoms with Crippen molar-refractivity contribution in [1.29, 1.82) is 0 Å². The summed E-state index contributed by atoms with van der Waals surface area (Å²) in [5.41, 5.74) is 4.25. The Kier molecular flexibility index (Phi) is 4.03. The third-order valence-corrected chi connectivity index (χ3v) is 2.61.